The van der Waals surface area contributed by atoms with Crippen molar-refractivity contribution in [2.75, 3.05) is 0 Å². The third kappa shape index (κ3) is 2.25. The molecule has 0 aliphatic heterocycles. The highest BCUT2D eigenvalue weighted by Gasteiger charge is 2.20. The fraction of sp³-hybridized carbons (Fsp3) is 0.0952. The molecule has 0 atom stereocenters. The molecule has 5 aromatic rings. The standard InChI is InChI=1S/C21H16ClN3O3/c1-23-15-4-2-3-14(22)19(15)20-17(23)10-25(21(20)28)13-6-5-12-7-8-24(11-18(26)27)16(12)9-13/h2-10,28H,11H2,1H3,(H,26,27). The molecule has 0 radical (unpaired) electrons. The Morgan fingerprint density at radius 2 is 1.89 bits per heavy atom. The van der Waals surface area contributed by atoms with Crippen molar-refractivity contribution in [2.45, 2.75) is 6.54 Å². The highest BCUT2D eigenvalue weighted by molar-refractivity contribution is 6.38. The number of halogens is 1. The molecule has 0 fully saturated rings. The highest BCUT2D eigenvalue weighted by atomic mass is 35.5. The summed E-state index contributed by atoms with van der Waals surface area (Å²) in [5.41, 5.74) is 3.35. The number of benzene rings is 2. The van der Waals surface area contributed by atoms with Crippen molar-refractivity contribution in [1.29, 1.82) is 0 Å². The fourth-order valence-electron chi connectivity index (χ4n) is 3.95. The van der Waals surface area contributed by atoms with Gasteiger partial charge >= 0.3 is 5.97 Å². The van der Waals surface area contributed by atoms with Gasteiger partial charge in [0.1, 0.15) is 6.54 Å². The van der Waals surface area contributed by atoms with Crippen LogP contribution in [0.25, 0.3) is 38.4 Å². The van der Waals surface area contributed by atoms with Gasteiger partial charge in [0.2, 0.25) is 5.88 Å². The van der Waals surface area contributed by atoms with Crippen molar-refractivity contribution in [2.24, 2.45) is 7.05 Å². The van der Waals surface area contributed by atoms with Gasteiger partial charge in [-0.25, -0.2) is 0 Å². The zero-order valence-electron chi connectivity index (χ0n) is 14.9. The van der Waals surface area contributed by atoms with Gasteiger partial charge in [-0.2, -0.15) is 0 Å². The number of carboxylic acid groups (broad SMARTS) is 1. The number of hydrogen-bond donors (Lipinski definition) is 2. The number of carboxylic acids is 1. The summed E-state index contributed by atoms with van der Waals surface area (Å²) >= 11 is 6.42. The Labute approximate surface area is 164 Å². The lowest BCUT2D eigenvalue weighted by Crippen LogP contribution is -2.07. The molecule has 0 aliphatic rings. The van der Waals surface area contributed by atoms with E-state index in [1.807, 2.05) is 60.3 Å². The number of fused-ring (bicyclic) bond motifs is 4. The number of aryl methyl sites for hydroxylation is 1. The lowest BCUT2D eigenvalue weighted by molar-refractivity contribution is -0.137. The van der Waals surface area contributed by atoms with Gasteiger partial charge in [-0.3, -0.25) is 9.36 Å². The fourth-order valence-corrected chi connectivity index (χ4v) is 4.21. The third-order valence-electron chi connectivity index (χ3n) is 5.26. The summed E-state index contributed by atoms with van der Waals surface area (Å²) in [4.78, 5) is 11.1. The molecule has 2 aromatic carbocycles. The molecule has 2 N–H and O–H groups in total. The zero-order valence-corrected chi connectivity index (χ0v) is 15.7. The minimum Gasteiger partial charge on any atom is -0.494 e. The SMILES string of the molecule is Cn1c2cccc(Cl)c2c2c(O)n(-c3ccc4ccn(CC(=O)O)c4c3)cc21. The lowest BCUT2D eigenvalue weighted by atomic mass is 10.2. The predicted octanol–water partition coefficient (Wildman–Crippen LogP) is 4.52. The van der Waals surface area contributed by atoms with Gasteiger partial charge < -0.3 is 19.3 Å². The first-order valence-corrected chi connectivity index (χ1v) is 9.11. The predicted molar refractivity (Wildman–Crippen MR) is 110 cm³/mol. The minimum atomic E-state index is -0.904. The average molecular weight is 394 g/mol. The normalized spacial score (nSPS) is 11.8. The summed E-state index contributed by atoms with van der Waals surface area (Å²) in [6.07, 6.45) is 3.62. The smallest absolute Gasteiger partial charge is 0.323 e. The van der Waals surface area contributed by atoms with Crippen molar-refractivity contribution in [3.63, 3.8) is 0 Å². The van der Waals surface area contributed by atoms with E-state index >= 15 is 0 Å². The molecule has 0 unspecified atom stereocenters. The van der Waals surface area contributed by atoms with E-state index in [0.29, 0.717) is 10.4 Å². The zero-order chi connectivity index (χ0) is 19.6. The van der Waals surface area contributed by atoms with Crippen LogP contribution in [0.5, 0.6) is 5.88 Å². The molecule has 28 heavy (non-hydrogen) atoms. The second-order valence-electron chi connectivity index (χ2n) is 6.86. The Kier molecular flexibility index (Phi) is 3.48. The van der Waals surface area contributed by atoms with E-state index < -0.39 is 5.97 Å². The van der Waals surface area contributed by atoms with Gasteiger partial charge in [-0.1, -0.05) is 23.7 Å². The van der Waals surface area contributed by atoms with Crippen LogP contribution in [-0.2, 0) is 18.4 Å². The molecule has 140 valence electrons. The van der Waals surface area contributed by atoms with Gasteiger partial charge in [0.05, 0.1) is 32.6 Å². The van der Waals surface area contributed by atoms with Crippen LogP contribution >= 0.6 is 11.6 Å². The van der Waals surface area contributed by atoms with Crippen molar-refractivity contribution < 1.29 is 15.0 Å². The second kappa shape index (κ2) is 5.81. The third-order valence-corrected chi connectivity index (χ3v) is 5.58. The van der Waals surface area contributed by atoms with E-state index in [9.17, 15) is 9.90 Å². The van der Waals surface area contributed by atoms with Gasteiger partial charge in [0.15, 0.2) is 0 Å². The van der Waals surface area contributed by atoms with Crippen LogP contribution in [-0.4, -0.2) is 29.9 Å². The van der Waals surface area contributed by atoms with Gasteiger partial charge in [-0.05, 0) is 35.7 Å². The molecular formula is C21H16ClN3O3. The van der Waals surface area contributed by atoms with Crippen LogP contribution in [0.15, 0.2) is 54.9 Å². The molecule has 5 rings (SSSR count). The Hall–Kier alpha value is -3.38. The summed E-state index contributed by atoms with van der Waals surface area (Å²) in [6, 6.07) is 13.2. The molecule has 0 saturated carbocycles. The molecule has 0 spiro atoms. The Balaban J connectivity index is 1.76. The quantitative estimate of drug-likeness (QED) is 0.473. The molecule has 7 heteroatoms. The van der Waals surface area contributed by atoms with E-state index in [1.54, 1.807) is 15.3 Å². The number of carbonyl (C=O) groups is 1. The lowest BCUT2D eigenvalue weighted by Gasteiger charge is -2.08. The number of rotatable bonds is 3. The van der Waals surface area contributed by atoms with E-state index in [0.717, 1.165) is 33.0 Å². The summed E-state index contributed by atoms with van der Waals surface area (Å²) < 4.78 is 5.37. The Morgan fingerprint density at radius 1 is 1.07 bits per heavy atom. The number of nitrogens with zero attached hydrogens (tertiary/aromatic N) is 3. The summed E-state index contributed by atoms with van der Waals surface area (Å²) in [5, 5.41) is 23.2. The van der Waals surface area contributed by atoms with E-state index in [-0.39, 0.29) is 12.4 Å². The monoisotopic (exact) mass is 393 g/mol. The molecule has 0 amide bonds. The van der Waals surface area contributed by atoms with Crippen LogP contribution in [0.3, 0.4) is 0 Å². The Morgan fingerprint density at radius 3 is 2.68 bits per heavy atom. The van der Waals surface area contributed by atoms with E-state index in [2.05, 4.69) is 0 Å². The molecule has 3 aromatic heterocycles. The molecule has 6 nitrogen and oxygen atoms in total. The molecular weight excluding hydrogens is 378 g/mol. The van der Waals surface area contributed by atoms with Gasteiger partial charge in [0, 0.05) is 24.8 Å². The summed E-state index contributed by atoms with van der Waals surface area (Å²) in [7, 11) is 1.94. The molecule has 0 saturated heterocycles. The molecule has 0 bridgehead atoms. The number of aromatic hydroxyl groups is 1. The van der Waals surface area contributed by atoms with Crippen LogP contribution in [0, 0.1) is 0 Å². The first kappa shape index (κ1) is 16.8. The molecule has 0 aliphatic carbocycles. The van der Waals surface area contributed by atoms with Crippen molar-refractivity contribution in [3.8, 4) is 11.6 Å². The van der Waals surface area contributed by atoms with Crippen LogP contribution in [0.4, 0.5) is 0 Å². The maximum atomic E-state index is 11.1. The molecule has 3 heterocycles. The van der Waals surface area contributed by atoms with Gasteiger partial charge in [0.25, 0.3) is 0 Å². The number of hydrogen-bond acceptors (Lipinski definition) is 2. The number of aromatic nitrogens is 3. The van der Waals surface area contributed by atoms with Crippen molar-refractivity contribution in [1.82, 2.24) is 13.7 Å². The average Bonchev–Trinajstić information content (AvgIpc) is 3.29. The van der Waals surface area contributed by atoms with Crippen LogP contribution < -0.4 is 0 Å². The van der Waals surface area contributed by atoms with E-state index in [1.165, 1.54) is 0 Å². The topological polar surface area (TPSA) is 72.3 Å². The largest absolute Gasteiger partial charge is 0.494 e. The van der Waals surface area contributed by atoms with E-state index in [4.69, 9.17) is 16.7 Å². The van der Waals surface area contributed by atoms with Crippen LogP contribution in [0.1, 0.15) is 0 Å². The number of aliphatic carboxylic acids is 1. The first-order valence-electron chi connectivity index (χ1n) is 8.73. The first-order chi connectivity index (χ1) is 13.5. The maximum absolute atomic E-state index is 11.1. The summed E-state index contributed by atoms with van der Waals surface area (Å²) in [6.45, 7) is -0.118. The second-order valence-corrected chi connectivity index (χ2v) is 7.26. The Bertz CT molecular complexity index is 1410. The van der Waals surface area contributed by atoms with Gasteiger partial charge in [-0.15, -0.1) is 0 Å². The van der Waals surface area contributed by atoms with Crippen molar-refractivity contribution >= 4 is 50.3 Å². The minimum absolute atomic E-state index is 0.101. The van der Waals surface area contributed by atoms with Crippen molar-refractivity contribution in [3.05, 3.63) is 59.9 Å². The maximum Gasteiger partial charge on any atom is 0.323 e. The summed E-state index contributed by atoms with van der Waals surface area (Å²) in [5.74, 6) is -0.803. The van der Waals surface area contributed by atoms with Crippen LogP contribution in [0.2, 0.25) is 5.02 Å². The highest BCUT2D eigenvalue weighted by Crippen LogP contribution is 2.41.